The van der Waals surface area contributed by atoms with Crippen molar-refractivity contribution in [2.75, 3.05) is 17.7 Å². The number of anilines is 2. The van der Waals surface area contributed by atoms with Crippen LogP contribution in [0, 0.1) is 5.82 Å². The van der Waals surface area contributed by atoms with Gasteiger partial charge >= 0.3 is 0 Å². The average molecular weight is 226 g/mol. The zero-order chi connectivity index (χ0) is 11.5. The first kappa shape index (κ1) is 11.1. The summed E-state index contributed by atoms with van der Waals surface area (Å²) in [6.45, 7) is 2.68. The molecule has 0 amide bonds. The molecule has 0 aliphatic heterocycles. The van der Waals surface area contributed by atoms with Gasteiger partial charge < -0.3 is 15.8 Å². The SMILES string of the molecule is CCOC1CC(Nc2nc(N)ncc2F)C1. The van der Waals surface area contributed by atoms with Crippen LogP contribution >= 0.6 is 0 Å². The molecule has 1 heterocycles. The molecule has 1 saturated carbocycles. The van der Waals surface area contributed by atoms with E-state index in [1.807, 2.05) is 6.92 Å². The van der Waals surface area contributed by atoms with Gasteiger partial charge in [-0.1, -0.05) is 0 Å². The molecule has 0 unspecified atom stereocenters. The molecule has 0 spiro atoms. The van der Waals surface area contributed by atoms with Crippen LogP contribution in [-0.2, 0) is 4.74 Å². The second-order valence-electron chi connectivity index (χ2n) is 3.81. The summed E-state index contributed by atoms with van der Waals surface area (Å²) in [4.78, 5) is 7.37. The van der Waals surface area contributed by atoms with Gasteiger partial charge in [0, 0.05) is 12.6 Å². The van der Waals surface area contributed by atoms with Crippen LogP contribution in [0.5, 0.6) is 0 Å². The van der Waals surface area contributed by atoms with Crippen molar-refractivity contribution in [1.29, 1.82) is 0 Å². The lowest BCUT2D eigenvalue weighted by atomic mass is 9.89. The van der Waals surface area contributed by atoms with Gasteiger partial charge in [-0.3, -0.25) is 0 Å². The average Bonchev–Trinajstić information content (AvgIpc) is 2.20. The number of nitrogens with zero attached hydrogens (tertiary/aromatic N) is 2. The van der Waals surface area contributed by atoms with Crippen molar-refractivity contribution >= 4 is 11.8 Å². The third-order valence-corrected chi connectivity index (χ3v) is 2.60. The fourth-order valence-corrected chi connectivity index (χ4v) is 1.73. The lowest BCUT2D eigenvalue weighted by Crippen LogP contribution is -2.41. The van der Waals surface area contributed by atoms with Gasteiger partial charge in [-0.05, 0) is 19.8 Å². The van der Waals surface area contributed by atoms with Gasteiger partial charge in [-0.15, -0.1) is 0 Å². The zero-order valence-corrected chi connectivity index (χ0v) is 9.11. The van der Waals surface area contributed by atoms with E-state index in [4.69, 9.17) is 10.5 Å². The summed E-state index contributed by atoms with van der Waals surface area (Å²) in [6, 6.07) is 0.209. The molecule has 88 valence electrons. The normalized spacial score (nSPS) is 23.9. The van der Waals surface area contributed by atoms with Gasteiger partial charge in [-0.2, -0.15) is 4.98 Å². The second kappa shape index (κ2) is 4.61. The molecule has 1 aliphatic carbocycles. The summed E-state index contributed by atoms with van der Waals surface area (Å²) in [5.74, 6) is -0.230. The number of nitrogen functional groups attached to an aromatic ring is 1. The number of hydrogen-bond donors (Lipinski definition) is 2. The Morgan fingerprint density at radius 3 is 3.06 bits per heavy atom. The number of hydrogen-bond acceptors (Lipinski definition) is 5. The Balaban J connectivity index is 1.89. The lowest BCUT2D eigenvalue weighted by Gasteiger charge is -2.35. The minimum atomic E-state index is -0.478. The van der Waals surface area contributed by atoms with Crippen LogP contribution in [0.3, 0.4) is 0 Å². The zero-order valence-electron chi connectivity index (χ0n) is 9.11. The van der Waals surface area contributed by atoms with Crippen molar-refractivity contribution in [3.63, 3.8) is 0 Å². The standard InChI is InChI=1S/C10H15FN4O/c1-2-16-7-3-6(4-7)14-9-8(11)5-13-10(12)15-9/h5-7H,2-4H2,1H3,(H3,12,13,14,15). The first-order valence-electron chi connectivity index (χ1n) is 5.35. The molecule has 6 heteroatoms. The second-order valence-corrected chi connectivity index (χ2v) is 3.81. The molecule has 1 aromatic heterocycles. The fourth-order valence-electron chi connectivity index (χ4n) is 1.73. The molecular weight excluding hydrogens is 211 g/mol. The van der Waals surface area contributed by atoms with Crippen molar-refractivity contribution in [2.45, 2.75) is 31.9 Å². The van der Waals surface area contributed by atoms with E-state index in [0.717, 1.165) is 19.0 Å². The predicted molar refractivity (Wildman–Crippen MR) is 58.5 cm³/mol. The van der Waals surface area contributed by atoms with Crippen LogP contribution in [0.15, 0.2) is 6.20 Å². The number of ether oxygens (including phenoxy) is 1. The number of halogens is 1. The molecule has 0 aromatic carbocycles. The van der Waals surface area contributed by atoms with Gasteiger partial charge in [0.25, 0.3) is 0 Å². The molecule has 1 aromatic rings. The van der Waals surface area contributed by atoms with Gasteiger partial charge in [0.1, 0.15) is 0 Å². The Morgan fingerprint density at radius 2 is 2.38 bits per heavy atom. The molecule has 16 heavy (non-hydrogen) atoms. The van der Waals surface area contributed by atoms with Crippen LogP contribution in [0.1, 0.15) is 19.8 Å². The Kier molecular flexibility index (Phi) is 3.19. The fraction of sp³-hybridized carbons (Fsp3) is 0.600. The van der Waals surface area contributed by atoms with Crippen molar-refractivity contribution in [3.05, 3.63) is 12.0 Å². The van der Waals surface area contributed by atoms with E-state index < -0.39 is 5.82 Å². The number of aromatic nitrogens is 2. The Bertz CT molecular complexity index is 368. The topological polar surface area (TPSA) is 73.1 Å². The maximum atomic E-state index is 13.3. The summed E-state index contributed by atoms with van der Waals surface area (Å²) in [7, 11) is 0. The quantitative estimate of drug-likeness (QED) is 0.806. The maximum absolute atomic E-state index is 13.3. The highest BCUT2D eigenvalue weighted by Gasteiger charge is 2.30. The first-order valence-corrected chi connectivity index (χ1v) is 5.35. The van der Waals surface area contributed by atoms with E-state index in [2.05, 4.69) is 15.3 Å². The number of nitrogens with one attached hydrogen (secondary N) is 1. The number of nitrogens with two attached hydrogens (primary N) is 1. The largest absolute Gasteiger partial charge is 0.378 e. The van der Waals surface area contributed by atoms with Gasteiger partial charge in [0.15, 0.2) is 11.6 Å². The van der Waals surface area contributed by atoms with Crippen LogP contribution in [0.4, 0.5) is 16.2 Å². The number of rotatable bonds is 4. The molecule has 5 nitrogen and oxygen atoms in total. The predicted octanol–water partition coefficient (Wildman–Crippen LogP) is 1.18. The minimum absolute atomic E-state index is 0.0737. The summed E-state index contributed by atoms with van der Waals surface area (Å²) in [5.41, 5.74) is 5.38. The molecule has 0 radical (unpaired) electrons. The molecule has 0 saturated heterocycles. The van der Waals surface area contributed by atoms with E-state index >= 15 is 0 Å². The van der Waals surface area contributed by atoms with Crippen LogP contribution in [-0.4, -0.2) is 28.7 Å². The summed E-state index contributed by atoms with van der Waals surface area (Å²) in [5, 5.41) is 2.99. The maximum Gasteiger partial charge on any atom is 0.222 e. The molecule has 3 N–H and O–H groups in total. The summed E-state index contributed by atoms with van der Waals surface area (Å²) < 4.78 is 18.7. The van der Waals surface area contributed by atoms with Crippen molar-refractivity contribution in [3.8, 4) is 0 Å². The van der Waals surface area contributed by atoms with E-state index in [0.29, 0.717) is 6.61 Å². The Hall–Kier alpha value is -1.43. The molecule has 1 fully saturated rings. The van der Waals surface area contributed by atoms with E-state index in [9.17, 15) is 4.39 Å². The van der Waals surface area contributed by atoms with Crippen LogP contribution < -0.4 is 11.1 Å². The van der Waals surface area contributed by atoms with Crippen molar-refractivity contribution in [1.82, 2.24) is 9.97 Å². The van der Waals surface area contributed by atoms with Gasteiger partial charge in [0.2, 0.25) is 5.95 Å². The monoisotopic (exact) mass is 226 g/mol. The lowest BCUT2D eigenvalue weighted by molar-refractivity contribution is 0.00286. The molecule has 2 rings (SSSR count). The smallest absolute Gasteiger partial charge is 0.222 e. The third kappa shape index (κ3) is 2.38. The third-order valence-electron chi connectivity index (χ3n) is 2.60. The van der Waals surface area contributed by atoms with Crippen LogP contribution in [0.2, 0.25) is 0 Å². The molecule has 0 atom stereocenters. The highest BCUT2D eigenvalue weighted by atomic mass is 19.1. The summed E-state index contributed by atoms with van der Waals surface area (Å²) >= 11 is 0. The Morgan fingerprint density at radius 1 is 1.62 bits per heavy atom. The summed E-state index contributed by atoms with van der Waals surface area (Å²) in [6.07, 6.45) is 3.10. The van der Waals surface area contributed by atoms with E-state index in [1.54, 1.807) is 0 Å². The molecule has 1 aliphatic rings. The molecule has 0 bridgehead atoms. The van der Waals surface area contributed by atoms with Crippen molar-refractivity contribution in [2.24, 2.45) is 0 Å². The van der Waals surface area contributed by atoms with Crippen molar-refractivity contribution < 1.29 is 9.13 Å². The van der Waals surface area contributed by atoms with E-state index in [-0.39, 0.29) is 23.9 Å². The van der Waals surface area contributed by atoms with Gasteiger partial charge in [0.05, 0.1) is 12.3 Å². The molecular formula is C10H15FN4O. The highest BCUT2D eigenvalue weighted by Crippen LogP contribution is 2.26. The highest BCUT2D eigenvalue weighted by molar-refractivity contribution is 5.40. The Labute approximate surface area is 93.2 Å². The van der Waals surface area contributed by atoms with Gasteiger partial charge in [-0.25, -0.2) is 9.37 Å². The van der Waals surface area contributed by atoms with E-state index in [1.165, 1.54) is 0 Å². The minimum Gasteiger partial charge on any atom is -0.378 e. The van der Waals surface area contributed by atoms with Crippen LogP contribution in [0.25, 0.3) is 0 Å². The first-order chi connectivity index (χ1) is 7.69.